The number of esters is 2. The zero-order valence-corrected chi connectivity index (χ0v) is 21.3. The molecule has 0 saturated heterocycles. The number of ether oxygens (including phenoxy) is 2. The summed E-state index contributed by atoms with van der Waals surface area (Å²) in [5.41, 5.74) is 1.90. The van der Waals surface area contributed by atoms with Crippen molar-refractivity contribution in [2.24, 2.45) is 0 Å². The molecule has 1 rings (SSSR count). The van der Waals surface area contributed by atoms with Crippen molar-refractivity contribution < 1.29 is 19.1 Å². The summed E-state index contributed by atoms with van der Waals surface area (Å²) in [7, 11) is 0. The van der Waals surface area contributed by atoms with E-state index in [1.54, 1.807) is 13.8 Å². The number of benzene rings is 1. The summed E-state index contributed by atoms with van der Waals surface area (Å²) in [5.74, 6) is -0.600. The Morgan fingerprint density at radius 3 is 1.55 bits per heavy atom. The lowest BCUT2D eigenvalue weighted by Crippen LogP contribution is -2.05. The van der Waals surface area contributed by atoms with Crippen LogP contribution in [-0.2, 0) is 25.7 Å². The van der Waals surface area contributed by atoms with Crippen LogP contribution in [0, 0.1) is 0 Å². The Balaban J connectivity index is 0.000000676. The van der Waals surface area contributed by atoms with Gasteiger partial charge in [0.2, 0.25) is 0 Å². The average molecular weight is 459 g/mol. The van der Waals surface area contributed by atoms with Crippen molar-refractivity contribution in [3.05, 3.63) is 60.2 Å². The van der Waals surface area contributed by atoms with E-state index in [2.05, 4.69) is 20.1 Å². The highest BCUT2D eigenvalue weighted by atomic mass is 16.5. The first kappa shape index (κ1) is 30.6. The molecule has 33 heavy (non-hydrogen) atoms. The van der Waals surface area contributed by atoms with Gasteiger partial charge in [0.1, 0.15) is 6.61 Å². The van der Waals surface area contributed by atoms with E-state index >= 15 is 0 Å². The lowest BCUT2D eigenvalue weighted by atomic mass is 10.1. The summed E-state index contributed by atoms with van der Waals surface area (Å²) in [4.78, 5) is 22.1. The van der Waals surface area contributed by atoms with Crippen molar-refractivity contribution in [3.63, 3.8) is 0 Å². The number of hydrogen-bond acceptors (Lipinski definition) is 4. The van der Waals surface area contributed by atoms with Crippen molar-refractivity contribution in [3.8, 4) is 0 Å². The lowest BCUT2D eigenvalue weighted by Gasteiger charge is -2.04. The maximum absolute atomic E-state index is 11.1. The van der Waals surface area contributed by atoms with Crippen LogP contribution in [0.3, 0.4) is 0 Å². The molecular weight excluding hydrogens is 412 g/mol. The Morgan fingerprint density at radius 1 is 0.667 bits per heavy atom. The molecule has 0 amide bonds. The summed E-state index contributed by atoms with van der Waals surface area (Å²) in [6.07, 6.45) is 15.9. The minimum Gasteiger partial charge on any atom is -0.462 e. The molecule has 0 aliphatic carbocycles. The predicted molar refractivity (Wildman–Crippen MR) is 138 cm³/mol. The molecule has 0 atom stereocenters. The first-order valence-electron chi connectivity index (χ1n) is 12.6. The fourth-order valence-electron chi connectivity index (χ4n) is 3.08. The van der Waals surface area contributed by atoms with Crippen LogP contribution in [0.15, 0.2) is 54.6 Å². The van der Waals surface area contributed by atoms with Gasteiger partial charge in [-0.1, -0.05) is 121 Å². The van der Waals surface area contributed by atoms with Crippen LogP contribution < -0.4 is 0 Å². The first-order chi connectivity index (χ1) is 15.9. The quantitative estimate of drug-likeness (QED) is 0.134. The van der Waals surface area contributed by atoms with Gasteiger partial charge in [-0.15, -0.1) is 0 Å². The zero-order chi connectivity index (χ0) is 24.7. The molecule has 4 nitrogen and oxygen atoms in total. The topological polar surface area (TPSA) is 52.6 Å². The fourth-order valence-corrected chi connectivity index (χ4v) is 3.08. The Hall–Kier alpha value is -2.36. The molecule has 0 fully saturated rings. The van der Waals surface area contributed by atoms with Crippen molar-refractivity contribution in [1.82, 2.24) is 0 Å². The molecule has 0 unspecified atom stereocenters. The Bertz CT molecular complexity index is 663. The van der Waals surface area contributed by atoms with Crippen LogP contribution in [0.4, 0.5) is 0 Å². The first-order valence-corrected chi connectivity index (χ1v) is 12.6. The maximum atomic E-state index is 11.1. The minimum atomic E-state index is -0.344. The second kappa shape index (κ2) is 21.5. The molecule has 0 bridgehead atoms. The molecule has 0 aromatic heterocycles. The van der Waals surface area contributed by atoms with E-state index in [-0.39, 0.29) is 11.9 Å². The molecule has 0 heterocycles. The van der Waals surface area contributed by atoms with Crippen molar-refractivity contribution in [1.29, 1.82) is 0 Å². The summed E-state index contributed by atoms with van der Waals surface area (Å²) in [5, 5.41) is 0. The standard InChI is InChI=1S/C18H34O2.C11H12O2/c1-4-5-6-7-8-9-10-11-12-13-14-15-16-20-18(19)17(2)3;1-9(2)11(12)13-8-10-6-4-3-5-7-10/h2,4-16H2,1,3H3;3-7H,1,8H2,2H3. The maximum Gasteiger partial charge on any atom is 0.333 e. The van der Waals surface area contributed by atoms with Gasteiger partial charge in [0.15, 0.2) is 0 Å². The molecule has 0 radical (unpaired) electrons. The van der Waals surface area contributed by atoms with Gasteiger partial charge >= 0.3 is 11.9 Å². The van der Waals surface area contributed by atoms with Gasteiger partial charge in [0, 0.05) is 11.1 Å². The van der Waals surface area contributed by atoms with Crippen LogP contribution in [0.5, 0.6) is 0 Å². The zero-order valence-electron chi connectivity index (χ0n) is 21.3. The number of carbonyl (C=O) groups excluding carboxylic acids is 2. The van der Waals surface area contributed by atoms with Gasteiger partial charge in [-0.2, -0.15) is 0 Å². The summed E-state index contributed by atoms with van der Waals surface area (Å²) in [6.45, 7) is 13.5. The number of hydrogen-bond donors (Lipinski definition) is 0. The lowest BCUT2D eigenvalue weighted by molar-refractivity contribution is -0.140. The fraction of sp³-hybridized carbons (Fsp3) is 0.586. The molecule has 0 spiro atoms. The largest absolute Gasteiger partial charge is 0.462 e. The van der Waals surface area contributed by atoms with Gasteiger partial charge in [-0.25, -0.2) is 9.59 Å². The van der Waals surface area contributed by atoms with Gasteiger partial charge in [0.05, 0.1) is 6.61 Å². The molecule has 1 aromatic carbocycles. The van der Waals surface area contributed by atoms with E-state index in [4.69, 9.17) is 9.47 Å². The van der Waals surface area contributed by atoms with Gasteiger partial charge in [-0.05, 0) is 25.8 Å². The molecule has 0 N–H and O–H groups in total. The monoisotopic (exact) mass is 458 g/mol. The summed E-state index contributed by atoms with van der Waals surface area (Å²) < 4.78 is 10.0. The molecule has 186 valence electrons. The van der Waals surface area contributed by atoms with Gasteiger partial charge in [-0.3, -0.25) is 0 Å². The smallest absolute Gasteiger partial charge is 0.333 e. The molecule has 0 aliphatic heterocycles. The molecule has 4 heteroatoms. The number of carbonyl (C=O) groups is 2. The normalized spacial score (nSPS) is 10.0. The number of rotatable bonds is 17. The minimum absolute atomic E-state index is 0.256. The molecule has 0 aliphatic rings. The highest BCUT2D eigenvalue weighted by molar-refractivity contribution is 5.87. The summed E-state index contributed by atoms with van der Waals surface area (Å²) >= 11 is 0. The second-order valence-corrected chi connectivity index (χ2v) is 8.65. The van der Waals surface area contributed by atoms with Crippen LogP contribution in [0.2, 0.25) is 0 Å². The van der Waals surface area contributed by atoms with E-state index in [0.717, 1.165) is 12.0 Å². The third-order valence-corrected chi connectivity index (χ3v) is 5.14. The van der Waals surface area contributed by atoms with E-state index < -0.39 is 0 Å². The van der Waals surface area contributed by atoms with Crippen LogP contribution in [-0.4, -0.2) is 18.5 Å². The molecule has 1 aromatic rings. The van der Waals surface area contributed by atoms with Gasteiger partial charge in [0.25, 0.3) is 0 Å². The van der Waals surface area contributed by atoms with Crippen LogP contribution >= 0.6 is 0 Å². The third kappa shape index (κ3) is 20.0. The van der Waals surface area contributed by atoms with Crippen molar-refractivity contribution >= 4 is 11.9 Å². The van der Waals surface area contributed by atoms with Crippen molar-refractivity contribution in [2.75, 3.05) is 6.61 Å². The average Bonchev–Trinajstić information content (AvgIpc) is 2.81. The van der Waals surface area contributed by atoms with E-state index in [9.17, 15) is 9.59 Å². The van der Waals surface area contributed by atoms with Gasteiger partial charge < -0.3 is 9.47 Å². The SMILES string of the molecule is C=C(C)C(=O)OCCCCCCCCCCCCCC.C=C(C)C(=O)OCc1ccccc1. The van der Waals surface area contributed by atoms with E-state index in [0.29, 0.717) is 24.4 Å². The Morgan fingerprint density at radius 2 is 1.09 bits per heavy atom. The number of unbranched alkanes of at least 4 members (excludes halogenated alkanes) is 11. The van der Waals surface area contributed by atoms with E-state index in [1.165, 1.54) is 70.6 Å². The summed E-state index contributed by atoms with van der Waals surface area (Å²) in [6, 6.07) is 9.55. The van der Waals surface area contributed by atoms with E-state index in [1.807, 2.05) is 30.3 Å². The second-order valence-electron chi connectivity index (χ2n) is 8.65. The van der Waals surface area contributed by atoms with Crippen LogP contribution in [0.1, 0.15) is 103 Å². The highest BCUT2D eigenvalue weighted by Gasteiger charge is 2.03. The Labute approximate surface area is 202 Å². The highest BCUT2D eigenvalue weighted by Crippen LogP contribution is 2.12. The molecular formula is C29H46O4. The van der Waals surface area contributed by atoms with Crippen molar-refractivity contribution in [2.45, 2.75) is 104 Å². The molecule has 0 saturated carbocycles. The third-order valence-electron chi connectivity index (χ3n) is 5.14. The predicted octanol–water partition coefficient (Wildman–Crippen LogP) is 8.11. The van der Waals surface area contributed by atoms with Crippen LogP contribution in [0.25, 0.3) is 0 Å². The Kier molecular flexibility index (Phi) is 19.9.